The Labute approximate surface area is 252 Å². The molecule has 42 heavy (non-hydrogen) atoms. The van der Waals surface area contributed by atoms with Crippen molar-refractivity contribution in [1.82, 2.24) is 29.2 Å². The van der Waals surface area contributed by atoms with Crippen LogP contribution in [0.1, 0.15) is 54.2 Å². The molecule has 3 aromatic rings. The van der Waals surface area contributed by atoms with Gasteiger partial charge in [0.15, 0.2) is 5.82 Å². The number of ether oxygens (including phenoxy) is 1. The maximum atomic E-state index is 13.6. The van der Waals surface area contributed by atoms with E-state index >= 15 is 0 Å². The van der Waals surface area contributed by atoms with E-state index in [1.165, 1.54) is 0 Å². The Balaban J connectivity index is 1.25. The molecule has 2 aliphatic heterocycles. The standard InChI is InChI=1S/C30H41ClN8O3/c1-28(2,3)42-27(41)39-14-13-36(19-29(39,4)5)26-33-15-21(31)24(34-26)37-17-20(18-37)25(40)35(8)30(6,7)22-16-32-23-11-9-10-12-38(22)23/h9-12,15-16,20H,13-14,17-19H2,1-8H3. The molecule has 0 radical (unpaired) electrons. The zero-order chi connectivity index (χ0) is 30.6. The molecule has 0 aliphatic carbocycles. The van der Waals surface area contributed by atoms with Gasteiger partial charge in [-0.15, -0.1) is 0 Å². The van der Waals surface area contributed by atoms with Gasteiger partial charge >= 0.3 is 6.09 Å². The minimum absolute atomic E-state index is 0.0625. The van der Waals surface area contributed by atoms with Crippen LogP contribution in [0.4, 0.5) is 16.6 Å². The van der Waals surface area contributed by atoms with E-state index in [0.29, 0.717) is 49.5 Å². The summed E-state index contributed by atoms with van der Waals surface area (Å²) in [5, 5.41) is 0.440. The van der Waals surface area contributed by atoms with E-state index in [4.69, 9.17) is 21.3 Å². The maximum Gasteiger partial charge on any atom is 0.410 e. The van der Waals surface area contributed by atoms with Crippen molar-refractivity contribution >= 4 is 41.0 Å². The monoisotopic (exact) mass is 596 g/mol. The van der Waals surface area contributed by atoms with Gasteiger partial charge in [-0.25, -0.2) is 14.8 Å². The lowest BCUT2D eigenvalue weighted by Gasteiger charge is -2.47. The number of piperazine rings is 1. The van der Waals surface area contributed by atoms with Gasteiger partial charge in [-0.05, 0) is 60.6 Å². The first-order valence-corrected chi connectivity index (χ1v) is 14.7. The highest BCUT2D eigenvalue weighted by molar-refractivity contribution is 6.32. The molecule has 5 heterocycles. The fraction of sp³-hybridized carbons (Fsp3) is 0.567. The molecule has 0 saturated carbocycles. The number of imidazole rings is 1. The van der Waals surface area contributed by atoms with Crippen molar-refractivity contribution in [3.05, 3.63) is 47.5 Å². The minimum atomic E-state index is -0.563. The Morgan fingerprint density at radius 2 is 1.76 bits per heavy atom. The van der Waals surface area contributed by atoms with Gasteiger partial charge in [-0.2, -0.15) is 4.98 Å². The minimum Gasteiger partial charge on any atom is -0.444 e. The number of amides is 2. The molecule has 0 unspecified atom stereocenters. The summed E-state index contributed by atoms with van der Waals surface area (Å²) < 4.78 is 7.65. The molecule has 2 amide bonds. The quantitative estimate of drug-likeness (QED) is 0.426. The van der Waals surface area contributed by atoms with Crippen molar-refractivity contribution in [2.75, 3.05) is 49.6 Å². The van der Waals surface area contributed by atoms with Gasteiger partial charge in [0.1, 0.15) is 16.3 Å². The van der Waals surface area contributed by atoms with Crippen LogP contribution in [0.5, 0.6) is 0 Å². The lowest BCUT2D eigenvalue weighted by atomic mass is 9.93. The van der Waals surface area contributed by atoms with Crippen LogP contribution in [-0.2, 0) is 15.1 Å². The van der Waals surface area contributed by atoms with Crippen LogP contribution in [0, 0.1) is 5.92 Å². The predicted molar refractivity (Wildman–Crippen MR) is 163 cm³/mol. The zero-order valence-corrected chi connectivity index (χ0v) is 26.5. The van der Waals surface area contributed by atoms with Crippen molar-refractivity contribution in [3.8, 4) is 0 Å². The molecule has 11 nitrogen and oxygen atoms in total. The molecule has 5 rings (SSSR count). The molecule has 12 heteroatoms. The smallest absolute Gasteiger partial charge is 0.410 e. The van der Waals surface area contributed by atoms with Crippen LogP contribution in [0.2, 0.25) is 5.02 Å². The van der Waals surface area contributed by atoms with Gasteiger partial charge in [0, 0.05) is 46.0 Å². The first-order valence-electron chi connectivity index (χ1n) is 14.3. The van der Waals surface area contributed by atoms with Crippen molar-refractivity contribution < 1.29 is 14.3 Å². The number of hydrogen-bond donors (Lipinski definition) is 0. The molecule has 0 aromatic carbocycles. The second-order valence-corrected chi connectivity index (χ2v) is 13.7. The molecule has 2 saturated heterocycles. The summed E-state index contributed by atoms with van der Waals surface area (Å²) in [5.41, 5.74) is 0.180. The number of aromatic nitrogens is 4. The van der Waals surface area contributed by atoms with Gasteiger partial charge < -0.3 is 23.8 Å². The van der Waals surface area contributed by atoms with Crippen LogP contribution < -0.4 is 9.80 Å². The number of fused-ring (bicyclic) bond motifs is 1. The summed E-state index contributed by atoms with van der Waals surface area (Å²) in [6.07, 6.45) is 5.09. The molecule has 0 bridgehead atoms. The molecule has 0 spiro atoms. The number of hydrogen-bond acceptors (Lipinski definition) is 8. The Kier molecular flexibility index (Phi) is 7.53. The van der Waals surface area contributed by atoms with E-state index in [0.717, 1.165) is 11.3 Å². The second-order valence-electron chi connectivity index (χ2n) is 13.3. The van der Waals surface area contributed by atoms with E-state index < -0.39 is 16.7 Å². The van der Waals surface area contributed by atoms with Crippen LogP contribution in [-0.4, -0.2) is 92.1 Å². The molecular formula is C30H41ClN8O3. The van der Waals surface area contributed by atoms with E-state index in [9.17, 15) is 9.59 Å². The maximum absolute atomic E-state index is 13.6. The van der Waals surface area contributed by atoms with Gasteiger partial charge in [-0.1, -0.05) is 17.7 Å². The topological polar surface area (TPSA) is 99.4 Å². The Morgan fingerprint density at radius 3 is 2.43 bits per heavy atom. The average molecular weight is 597 g/mol. The largest absolute Gasteiger partial charge is 0.444 e. The predicted octanol–water partition coefficient (Wildman–Crippen LogP) is 4.44. The Bertz CT molecular complexity index is 1490. The number of carbonyl (C=O) groups is 2. The molecule has 3 aromatic heterocycles. The van der Waals surface area contributed by atoms with Crippen molar-refractivity contribution in [3.63, 3.8) is 0 Å². The van der Waals surface area contributed by atoms with Crippen LogP contribution in [0.3, 0.4) is 0 Å². The third kappa shape index (κ3) is 5.58. The molecule has 2 aliphatic rings. The number of rotatable bonds is 5. The highest BCUT2D eigenvalue weighted by atomic mass is 35.5. The van der Waals surface area contributed by atoms with Gasteiger partial charge in [0.2, 0.25) is 11.9 Å². The third-order valence-electron chi connectivity index (χ3n) is 8.25. The lowest BCUT2D eigenvalue weighted by molar-refractivity contribution is -0.140. The van der Waals surface area contributed by atoms with E-state index in [1.807, 2.05) is 100 Å². The first kappa shape index (κ1) is 29.9. The number of nitrogens with zero attached hydrogens (tertiary/aromatic N) is 8. The summed E-state index contributed by atoms with van der Waals surface area (Å²) in [5.74, 6) is 1.04. The number of halogens is 1. The molecular weight excluding hydrogens is 556 g/mol. The van der Waals surface area contributed by atoms with Crippen LogP contribution in [0.25, 0.3) is 5.65 Å². The summed E-state index contributed by atoms with van der Waals surface area (Å²) in [7, 11) is 1.85. The lowest BCUT2D eigenvalue weighted by Crippen LogP contribution is -2.62. The highest BCUT2D eigenvalue weighted by Crippen LogP contribution is 2.35. The second kappa shape index (κ2) is 10.6. The first-order chi connectivity index (χ1) is 19.6. The number of carbonyl (C=O) groups excluding carboxylic acids is 2. The Morgan fingerprint density at radius 1 is 1.05 bits per heavy atom. The fourth-order valence-corrected chi connectivity index (χ4v) is 5.83. The summed E-state index contributed by atoms with van der Waals surface area (Å²) in [6.45, 7) is 16.3. The summed E-state index contributed by atoms with van der Waals surface area (Å²) >= 11 is 6.55. The van der Waals surface area contributed by atoms with Crippen molar-refractivity contribution in [2.24, 2.45) is 5.92 Å². The molecule has 226 valence electrons. The van der Waals surface area contributed by atoms with Gasteiger partial charge in [0.05, 0.1) is 35.1 Å². The molecule has 2 fully saturated rings. The van der Waals surface area contributed by atoms with E-state index in [2.05, 4.69) is 14.9 Å². The van der Waals surface area contributed by atoms with Gasteiger partial charge in [-0.3, -0.25) is 9.69 Å². The third-order valence-corrected chi connectivity index (χ3v) is 8.52. The summed E-state index contributed by atoms with van der Waals surface area (Å²) in [6, 6.07) is 5.86. The average Bonchev–Trinajstić information content (AvgIpc) is 3.31. The zero-order valence-electron chi connectivity index (χ0n) is 25.8. The van der Waals surface area contributed by atoms with Gasteiger partial charge in [0.25, 0.3) is 0 Å². The van der Waals surface area contributed by atoms with Crippen molar-refractivity contribution in [1.29, 1.82) is 0 Å². The highest BCUT2D eigenvalue weighted by Gasteiger charge is 2.43. The molecule has 0 atom stereocenters. The van der Waals surface area contributed by atoms with Crippen LogP contribution in [0.15, 0.2) is 36.8 Å². The van der Waals surface area contributed by atoms with Crippen LogP contribution >= 0.6 is 11.6 Å². The van der Waals surface area contributed by atoms with E-state index in [-0.39, 0.29) is 17.9 Å². The number of anilines is 2. The fourth-order valence-electron chi connectivity index (χ4n) is 5.62. The van der Waals surface area contributed by atoms with Crippen molar-refractivity contribution in [2.45, 2.75) is 65.1 Å². The number of pyridine rings is 1. The normalized spacial score (nSPS) is 17.8. The summed E-state index contributed by atoms with van der Waals surface area (Å²) in [4.78, 5) is 47.9. The molecule has 0 N–H and O–H groups in total. The Hall–Kier alpha value is -3.60. The SMILES string of the molecule is CN(C(=O)C1CN(c2nc(N3CCN(C(=O)OC(C)(C)C)C(C)(C)C3)ncc2Cl)C1)C(C)(C)c1cnc2ccccn12. The van der Waals surface area contributed by atoms with E-state index in [1.54, 1.807) is 11.1 Å².